The first kappa shape index (κ1) is 17.1. The van der Waals surface area contributed by atoms with Crippen molar-refractivity contribution in [1.82, 2.24) is 29.3 Å². The summed E-state index contributed by atoms with van der Waals surface area (Å²) in [5.74, 6) is 1.46. The Balaban J connectivity index is 1.85. The van der Waals surface area contributed by atoms with E-state index in [2.05, 4.69) is 20.0 Å². The average Bonchev–Trinajstić information content (AvgIpc) is 3.01. The van der Waals surface area contributed by atoms with Gasteiger partial charge in [0.25, 0.3) is 10.0 Å². The van der Waals surface area contributed by atoms with E-state index >= 15 is 0 Å². The zero-order valence-corrected chi connectivity index (χ0v) is 15.3. The summed E-state index contributed by atoms with van der Waals surface area (Å²) in [6.45, 7) is 6.35. The van der Waals surface area contributed by atoms with Crippen LogP contribution in [0.1, 0.15) is 45.1 Å². The van der Waals surface area contributed by atoms with E-state index in [4.69, 9.17) is 0 Å². The van der Waals surface area contributed by atoms with Gasteiger partial charge in [-0.3, -0.25) is 4.68 Å². The molecule has 2 aromatic heterocycles. The quantitative estimate of drug-likeness (QED) is 0.808. The minimum Gasteiger partial charge on any atom is -0.333 e. The van der Waals surface area contributed by atoms with Gasteiger partial charge in [0.05, 0.1) is 11.7 Å². The molecule has 2 heterocycles. The van der Waals surface area contributed by atoms with Crippen LogP contribution in [0.5, 0.6) is 0 Å². The van der Waals surface area contributed by atoms with Crippen LogP contribution in [0.4, 0.5) is 0 Å². The molecule has 0 amide bonds. The molecule has 0 bridgehead atoms. The molecule has 1 aliphatic carbocycles. The Labute approximate surface area is 142 Å². The van der Waals surface area contributed by atoms with E-state index in [9.17, 15) is 8.42 Å². The third-order valence-corrected chi connectivity index (χ3v) is 5.74. The van der Waals surface area contributed by atoms with Crippen molar-refractivity contribution in [3.05, 3.63) is 23.9 Å². The Morgan fingerprint density at radius 1 is 1.33 bits per heavy atom. The zero-order chi connectivity index (χ0) is 17.5. The van der Waals surface area contributed by atoms with Crippen LogP contribution in [0, 0.1) is 5.92 Å². The molecule has 24 heavy (non-hydrogen) atoms. The molecule has 0 unspecified atom stereocenters. The number of aryl methyl sites for hydroxylation is 2. The van der Waals surface area contributed by atoms with Crippen LogP contribution in [0.3, 0.4) is 0 Å². The Kier molecular flexibility index (Phi) is 4.25. The van der Waals surface area contributed by atoms with E-state index in [1.54, 1.807) is 38.0 Å². The summed E-state index contributed by atoms with van der Waals surface area (Å²) in [5.41, 5.74) is -0.318. The molecule has 0 saturated heterocycles. The van der Waals surface area contributed by atoms with E-state index in [0.717, 1.165) is 12.4 Å². The van der Waals surface area contributed by atoms with E-state index in [0.29, 0.717) is 18.0 Å². The summed E-state index contributed by atoms with van der Waals surface area (Å²) in [6, 6.07) is 0. The first-order chi connectivity index (χ1) is 11.2. The standard InChI is InChI=1S/C15H24N6O2S/c1-5-13-16-14(10-21(13)8-11-6-7-11)24(22,23)18-15(2,3)12-9-20(4)19-17-12/h9-11,18H,5-8H2,1-4H3. The van der Waals surface area contributed by atoms with Gasteiger partial charge in [-0.15, -0.1) is 5.10 Å². The lowest BCUT2D eigenvalue weighted by Gasteiger charge is -2.22. The maximum Gasteiger partial charge on any atom is 0.260 e. The van der Waals surface area contributed by atoms with Crippen molar-refractivity contribution in [2.45, 2.75) is 57.1 Å². The molecule has 1 aliphatic rings. The van der Waals surface area contributed by atoms with Crippen LogP contribution >= 0.6 is 0 Å². The number of nitrogens with zero attached hydrogens (tertiary/aromatic N) is 5. The molecule has 1 saturated carbocycles. The van der Waals surface area contributed by atoms with Crippen LogP contribution in [-0.2, 0) is 35.6 Å². The van der Waals surface area contributed by atoms with Crippen LogP contribution in [0.15, 0.2) is 17.4 Å². The molecule has 1 N–H and O–H groups in total. The van der Waals surface area contributed by atoms with Crippen molar-refractivity contribution in [3.63, 3.8) is 0 Å². The first-order valence-electron chi connectivity index (χ1n) is 8.18. The molecule has 0 aromatic carbocycles. The lowest BCUT2D eigenvalue weighted by molar-refractivity contribution is 0.458. The van der Waals surface area contributed by atoms with Gasteiger partial charge in [0.15, 0.2) is 5.03 Å². The van der Waals surface area contributed by atoms with Crippen molar-refractivity contribution >= 4 is 10.0 Å². The molecule has 0 radical (unpaired) electrons. The third kappa shape index (κ3) is 3.51. The Morgan fingerprint density at radius 3 is 2.58 bits per heavy atom. The first-order valence-corrected chi connectivity index (χ1v) is 9.66. The van der Waals surface area contributed by atoms with Crippen molar-refractivity contribution in [3.8, 4) is 0 Å². The van der Waals surface area contributed by atoms with Crippen LogP contribution in [-0.4, -0.2) is 33.0 Å². The summed E-state index contributed by atoms with van der Waals surface area (Å²) in [5, 5.41) is 7.95. The maximum absolute atomic E-state index is 12.8. The van der Waals surface area contributed by atoms with Gasteiger partial charge >= 0.3 is 0 Å². The Morgan fingerprint density at radius 2 is 2.04 bits per heavy atom. The highest BCUT2D eigenvalue weighted by Gasteiger charge is 2.32. The molecule has 3 rings (SSSR count). The molecular weight excluding hydrogens is 328 g/mol. The van der Waals surface area contributed by atoms with Crippen molar-refractivity contribution in [2.75, 3.05) is 0 Å². The average molecular weight is 352 g/mol. The van der Waals surface area contributed by atoms with Crippen molar-refractivity contribution in [1.29, 1.82) is 0 Å². The molecule has 0 aliphatic heterocycles. The second-order valence-corrected chi connectivity index (χ2v) is 8.58. The van der Waals surface area contributed by atoms with E-state index in [-0.39, 0.29) is 5.03 Å². The number of aromatic nitrogens is 5. The van der Waals surface area contributed by atoms with Gasteiger partial charge in [-0.05, 0) is 32.6 Å². The smallest absolute Gasteiger partial charge is 0.260 e. The van der Waals surface area contributed by atoms with Gasteiger partial charge in [0, 0.05) is 26.2 Å². The van der Waals surface area contributed by atoms with Crippen LogP contribution in [0.2, 0.25) is 0 Å². The molecule has 1 fully saturated rings. The van der Waals surface area contributed by atoms with Gasteiger partial charge in [-0.25, -0.2) is 13.4 Å². The van der Waals surface area contributed by atoms with Gasteiger partial charge in [0.2, 0.25) is 0 Å². The van der Waals surface area contributed by atoms with Gasteiger partial charge in [0.1, 0.15) is 11.5 Å². The number of hydrogen-bond donors (Lipinski definition) is 1. The zero-order valence-electron chi connectivity index (χ0n) is 14.5. The van der Waals surface area contributed by atoms with E-state index < -0.39 is 15.6 Å². The molecule has 0 atom stereocenters. The summed E-state index contributed by atoms with van der Waals surface area (Å²) < 4.78 is 31.8. The number of hydrogen-bond acceptors (Lipinski definition) is 5. The fraction of sp³-hybridized carbons (Fsp3) is 0.667. The summed E-state index contributed by atoms with van der Waals surface area (Å²) in [4.78, 5) is 4.34. The molecule has 132 valence electrons. The van der Waals surface area contributed by atoms with Crippen molar-refractivity contribution < 1.29 is 8.42 Å². The highest BCUT2D eigenvalue weighted by molar-refractivity contribution is 7.89. The SMILES string of the molecule is CCc1nc(S(=O)(=O)NC(C)(C)c2cn(C)nn2)cn1CC1CC1. The Hall–Kier alpha value is -1.74. The lowest BCUT2D eigenvalue weighted by Crippen LogP contribution is -2.41. The highest BCUT2D eigenvalue weighted by Crippen LogP contribution is 2.31. The predicted molar refractivity (Wildman–Crippen MR) is 88.7 cm³/mol. The third-order valence-electron chi connectivity index (χ3n) is 4.21. The number of nitrogens with one attached hydrogen (secondary N) is 1. The molecule has 2 aromatic rings. The second-order valence-electron chi connectivity index (χ2n) is 6.95. The maximum atomic E-state index is 12.8. The second kappa shape index (κ2) is 5.96. The fourth-order valence-corrected chi connectivity index (χ4v) is 4.02. The molecule has 0 spiro atoms. The summed E-state index contributed by atoms with van der Waals surface area (Å²) in [6.07, 6.45) is 6.47. The van der Waals surface area contributed by atoms with Crippen LogP contribution < -0.4 is 4.72 Å². The number of rotatable bonds is 7. The van der Waals surface area contributed by atoms with Gasteiger partial charge < -0.3 is 4.57 Å². The normalized spacial score (nSPS) is 15.8. The lowest BCUT2D eigenvalue weighted by atomic mass is 10.0. The number of imidazole rings is 1. The van der Waals surface area contributed by atoms with Gasteiger partial charge in [-0.2, -0.15) is 4.72 Å². The molecule has 9 heteroatoms. The van der Waals surface area contributed by atoms with Crippen molar-refractivity contribution in [2.24, 2.45) is 13.0 Å². The summed E-state index contributed by atoms with van der Waals surface area (Å²) >= 11 is 0. The van der Waals surface area contributed by atoms with E-state index in [1.165, 1.54) is 12.8 Å². The highest BCUT2D eigenvalue weighted by atomic mass is 32.2. The van der Waals surface area contributed by atoms with Crippen LogP contribution in [0.25, 0.3) is 0 Å². The molecular formula is C15H24N6O2S. The Bertz CT molecular complexity index is 832. The fourth-order valence-electron chi connectivity index (χ4n) is 2.65. The van der Waals surface area contributed by atoms with Gasteiger partial charge in [-0.1, -0.05) is 12.1 Å². The van der Waals surface area contributed by atoms with E-state index in [1.807, 2.05) is 11.5 Å². The molecule has 8 nitrogen and oxygen atoms in total. The minimum atomic E-state index is -3.74. The topological polar surface area (TPSA) is 94.7 Å². The minimum absolute atomic E-state index is 0.0666. The summed E-state index contributed by atoms with van der Waals surface area (Å²) in [7, 11) is -2.00. The largest absolute Gasteiger partial charge is 0.333 e. The number of sulfonamides is 1. The monoisotopic (exact) mass is 352 g/mol. The predicted octanol–water partition coefficient (Wildman–Crippen LogP) is 1.20.